The first-order valence-corrected chi connectivity index (χ1v) is 8.10. The van der Waals surface area contributed by atoms with E-state index in [9.17, 15) is 5.11 Å². The average Bonchev–Trinajstić information content (AvgIpc) is 2.63. The molecule has 3 heteroatoms. The van der Waals surface area contributed by atoms with E-state index in [1.807, 2.05) is 30.3 Å². The second-order valence-electron chi connectivity index (χ2n) is 5.74. The van der Waals surface area contributed by atoms with E-state index >= 15 is 0 Å². The van der Waals surface area contributed by atoms with Crippen molar-refractivity contribution in [3.63, 3.8) is 0 Å². The monoisotopic (exact) mass is 320 g/mol. The van der Waals surface area contributed by atoms with Gasteiger partial charge >= 0.3 is 0 Å². The van der Waals surface area contributed by atoms with E-state index in [0.717, 1.165) is 36.8 Å². The van der Waals surface area contributed by atoms with Gasteiger partial charge in [0.05, 0.1) is 6.10 Å². The Morgan fingerprint density at radius 1 is 1.10 bits per heavy atom. The van der Waals surface area contributed by atoms with Gasteiger partial charge in [-0.25, -0.2) is 0 Å². The van der Waals surface area contributed by atoms with Crippen LogP contribution in [0.4, 0.5) is 0 Å². The molecule has 0 heterocycles. The van der Waals surface area contributed by atoms with E-state index in [4.69, 9.17) is 23.2 Å². The summed E-state index contributed by atoms with van der Waals surface area (Å²) in [5.74, 6) is 0.201. The first-order chi connectivity index (χ1) is 10.1. The third-order valence-electron chi connectivity index (χ3n) is 4.34. The van der Waals surface area contributed by atoms with Crippen LogP contribution in [0.25, 0.3) is 0 Å². The highest BCUT2D eigenvalue weighted by molar-refractivity contribution is 6.35. The minimum absolute atomic E-state index is 0.201. The van der Waals surface area contributed by atoms with Crippen molar-refractivity contribution < 1.29 is 5.11 Å². The molecule has 21 heavy (non-hydrogen) atoms. The zero-order valence-electron chi connectivity index (χ0n) is 11.7. The van der Waals surface area contributed by atoms with Crippen molar-refractivity contribution in [3.05, 3.63) is 69.2 Å². The molecule has 2 unspecified atom stereocenters. The molecule has 1 aliphatic carbocycles. The van der Waals surface area contributed by atoms with Crippen molar-refractivity contribution in [1.29, 1.82) is 0 Å². The van der Waals surface area contributed by atoms with Crippen LogP contribution in [0.3, 0.4) is 0 Å². The molecule has 2 aromatic carbocycles. The molecule has 3 rings (SSSR count). The van der Waals surface area contributed by atoms with Crippen LogP contribution in [0.2, 0.25) is 10.0 Å². The number of halogens is 2. The number of aryl methyl sites for hydroxylation is 1. The van der Waals surface area contributed by atoms with Gasteiger partial charge in [0.15, 0.2) is 0 Å². The Bertz CT molecular complexity index is 639. The third kappa shape index (κ3) is 3.26. The molecule has 2 atom stereocenters. The zero-order valence-corrected chi connectivity index (χ0v) is 13.2. The lowest BCUT2D eigenvalue weighted by atomic mass is 9.88. The fraction of sp³-hybridized carbons (Fsp3) is 0.333. The van der Waals surface area contributed by atoms with Gasteiger partial charge in [-0.3, -0.25) is 0 Å². The minimum Gasteiger partial charge on any atom is -0.388 e. The molecule has 0 aliphatic heterocycles. The summed E-state index contributed by atoms with van der Waals surface area (Å²) < 4.78 is 0. The summed E-state index contributed by atoms with van der Waals surface area (Å²) >= 11 is 12.2. The van der Waals surface area contributed by atoms with Gasteiger partial charge in [-0.15, -0.1) is 0 Å². The molecule has 0 aromatic heterocycles. The maximum atomic E-state index is 10.7. The first-order valence-electron chi connectivity index (χ1n) is 7.35. The maximum absolute atomic E-state index is 10.7. The quantitative estimate of drug-likeness (QED) is 0.752. The Morgan fingerprint density at radius 2 is 1.90 bits per heavy atom. The van der Waals surface area contributed by atoms with Crippen molar-refractivity contribution >= 4 is 23.2 Å². The average molecular weight is 321 g/mol. The number of benzene rings is 2. The molecule has 2 aromatic rings. The van der Waals surface area contributed by atoms with Crippen LogP contribution in [-0.4, -0.2) is 5.11 Å². The van der Waals surface area contributed by atoms with Crippen LogP contribution in [0.15, 0.2) is 42.5 Å². The van der Waals surface area contributed by atoms with Gasteiger partial charge in [0, 0.05) is 10.0 Å². The van der Waals surface area contributed by atoms with Crippen LogP contribution in [0.1, 0.15) is 35.6 Å². The van der Waals surface area contributed by atoms with E-state index < -0.39 is 6.10 Å². The number of rotatable bonds is 2. The Hall–Kier alpha value is -1.02. The zero-order chi connectivity index (χ0) is 14.8. The van der Waals surface area contributed by atoms with Crippen LogP contribution in [-0.2, 0) is 12.8 Å². The molecule has 1 N–H and O–H groups in total. The Balaban J connectivity index is 1.86. The van der Waals surface area contributed by atoms with E-state index in [1.54, 1.807) is 6.07 Å². The second kappa shape index (κ2) is 6.39. The first kappa shape index (κ1) is 14.9. The smallest absolute Gasteiger partial charge is 0.0824 e. The van der Waals surface area contributed by atoms with E-state index in [0.29, 0.717) is 10.0 Å². The molecular weight excluding hydrogens is 303 g/mol. The molecule has 0 saturated carbocycles. The molecular formula is C18H18Cl2O. The molecule has 0 saturated heterocycles. The maximum Gasteiger partial charge on any atom is 0.0824 e. The summed E-state index contributed by atoms with van der Waals surface area (Å²) in [5, 5.41) is 12.1. The van der Waals surface area contributed by atoms with Crippen LogP contribution in [0, 0.1) is 5.92 Å². The van der Waals surface area contributed by atoms with Crippen molar-refractivity contribution in [2.75, 3.05) is 0 Å². The van der Waals surface area contributed by atoms with Gasteiger partial charge in [-0.1, -0.05) is 53.5 Å². The molecule has 0 radical (unpaired) electrons. The van der Waals surface area contributed by atoms with Crippen LogP contribution in [0.5, 0.6) is 0 Å². The third-order valence-corrected chi connectivity index (χ3v) is 4.93. The lowest BCUT2D eigenvalue weighted by molar-refractivity contribution is 0.105. The Kier molecular flexibility index (Phi) is 4.54. The molecule has 0 fully saturated rings. The number of hydrogen-bond donors (Lipinski definition) is 1. The molecule has 0 amide bonds. The van der Waals surface area contributed by atoms with Gasteiger partial charge in [0.25, 0.3) is 0 Å². The topological polar surface area (TPSA) is 20.2 Å². The molecule has 0 bridgehead atoms. The minimum atomic E-state index is -0.421. The fourth-order valence-corrected chi connectivity index (χ4v) is 3.69. The lowest BCUT2D eigenvalue weighted by Crippen LogP contribution is -2.15. The van der Waals surface area contributed by atoms with Crippen LogP contribution < -0.4 is 0 Å². The lowest BCUT2D eigenvalue weighted by Gasteiger charge is -2.22. The number of aliphatic hydroxyl groups is 1. The van der Waals surface area contributed by atoms with Gasteiger partial charge in [-0.2, -0.15) is 0 Å². The van der Waals surface area contributed by atoms with Crippen molar-refractivity contribution in [2.24, 2.45) is 5.92 Å². The van der Waals surface area contributed by atoms with Crippen LogP contribution >= 0.6 is 23.2 Å². The molecule has 0 spiro atoms. The second-order valence-corrected chi connectivity index (χ2v) is 6.58. The number of fused-ring (bicyclic) bond motifs is 1. The predicted octanol–water partition coefficient (Wildman–Crippen LogP) is 5.22. The summed E-state index contributed by atoms with van der Waals surface area (Å²) in [6.45, 7) is 0. The summed E-state index contributed by atoms with van der Waals surface area (Å²) in [4.78, 5) is 0. The van der Waals surface area contributed by atoms with E-state index in [-0.39, 0.29) is 5.92 Å². The van der Waals surface area contributed by atoms with Crippen molar-refractivity contribution in [1.82, 2.24) is 0 Å². The van der Waals surface area contributed by atoms with Gasteiger partial charge in [0.1, 0.15) is 0 Å². The molecule has 110 valence electrons. The number of hydrogen-bond acceptors (Lipinski definition) is 1. The summed E-state index contributed by atoms with van der Waals surface area (Å²) in [6.07, 6.45) is 3.51. The Morgan fingerprint density at radius 3 is 2.71 bits per heavy atom. The van der Waals surface area contributed by atoms with E-state index in [1.165, 1.54) is 5.56 Å². The van der Waals surface area contributed by atoms with Gasteiger partial charge < -0.3 is 5.11 Å². The predicted molar refractivity (Wildman–Crippen MR) is 88.0 cm³/mol. The summed E-state index contributed by atoms with van der Waals surface area (Å²) in [6, 6.07) is 13.8. The highest BCUT2D eigenvalue weighted by Gasteiger charge is 2.26. The van der Waals surface area contributed by atoms with E-state index in [2.05, 4.69) is 6.07 Å². The number of aliphatic hydroxyl groups excluding tert-OH is 1. The van der Waals surface area contributed by atoms with Crippen molar-refractivity contribution in [2.45, 2.75) is 31.8 Å². The fourth-order valence-electron chi connectivity index (χ4n) is 3.20. The summed E-state index contributed by atoms with van der Waals surface area (Å²) in [5.41, 5.74) is 3.41. The highest BCUT2D eigenvalue weighted by atomic mass is 35.5. The van der Waals surface area contributed by atoms with Crippen molar-refractivity contribution in [3.8, 4) is 0 Å². The largest absolute Gasteiger partial charge is 0.388 e. The summed E-state index contributed by atoms with van der Waals surface area (Å²) in [7, 11) is 0. The standard InChI is InChI=1S/C18H18Cl2O/c19-15-9-8-13(17(20)11-15)10-14-6-3-5-12-4-1-2-7-16(12)18(14)21/h1-2,4,7-9,11,14,18,21H,3,5-6,10H2. The SMILES string of the molecule is OC1c2ccccc2CCCC1Cc1ccc(Cl)cc1Cl. The van der Waals surface area contributed by atoms with Gasteiger partial charge in [0.2, 0.25) is 0 Å². The Labute approximate surface area is 135 Å². The van der Waals surface area contributed by atoms with Gasteiger partial charge in [-0.05, 0) is 60.4 Å². The molecule has 1 nitrogen and oxygen atoms in total. The molecule has 1 aliphatic rings. The normalized spacial score (nSPS) is 21.7. The highest BCUT2D eigenvalue weighted by Crippen LogP contribution is 2.36.